The number of hydrogen-bond acceptors (Lipinski definition) is 3. The average molecular weight is 336 g/mol. The fourth-order valence-corrected chi connectivity index (χ4v) is 2.07. The van der Waals surface area contributed by atoms with Crippen molar-refractivity contribution in [1.82, 2.24) is 5.43 Å². The summed E-state index contributed by atoms with van der Waals surface area (Å²) in [5.74, 6) is -1.08. The summed E-state index contributed by atoms with van der Waals surface area (Å²) in [6.45, 7) is 0.727. The summed E-state index contributed by atoms with van der Waals surface area (Å²) >= 11 is 0. The van der Waals surface area contributed by atoms with Gasteiger partial charge >= 0.3 is 6.18 Å². The van der Waals surface area contributed by atoms with Crippen molar-refractivity contribution in [3.8, 4) is 0 Å². The highest BCUT2D eigenvalue weighted by Crippen LogP contribution is 2.30. The summed E-state index contributed by atoms with van der Waals surface area (Å²) in [7, 11) is 0. The first-order valence-corrected chi connectivity index (χ1v) is 7.01. The Morgan fingerprint density at radius 2 is 1.38 bits per heavy atom. The van der Waals surface area contributed by atoms with Crippen molar-refractivity contribution in [2.24, 2.45) is 5.10 Å². The van der Waals surface area contributed by atoms with E-state index in [4.69, 9.17) is 0 Å². The lowest BCUT2D eigenvalue weighted by molar-refractivity contribution is -0.136. The molecule has 2 aromatic rings. The molecule has 0 atom stereocenters. The third kappa shape index (κ3) is 3.62. The van der Waals surface area contributed by atoms with E-state index in [0.29, 0.717) is 0 Å². The number of amides is 1. The van der Waals surface area contributed by atoms with Crippen LogP contribution in [0.2, 0.25) is 0 Å². The van der Waals surface area contributed by atoms with Gasteiger partial charge in [-0.2, -0.15) is 18.3 Å². The van der Waals surface area contributed by atoms with E-state index in [9.17, 15) is 23.1 Å². The first-order chi connectivity index (χ1) is 11.3. The minimum atomic E-state index is -4.66. The highest BCUT2D eigenvalue weighted by atomic mass is 19.4. The number of hydrazone groups is 1. The molecule has 2 aromatic carbocycles. The van der Waals surface area contributed by atoms with Gasteiger partial charge in [-0.3, -0.25) is 4.79 Å². The molecule has 1 amide bonds. The summed E-state index contributed by atoms with van der Waals surface area (Å²) in [5.41, 5.74) is -1.15. The van der Waals surface area contributed by atoms with Gasteiger partial charge in [-0.15, -0.1) is 0 Å². The fourth-order valence-electron chi connectivity index (χ4n) is 2.07. The van der Waals surface area contributed by atoms with E-state index in [0.717, 1.165) is 6.92 Å². The number of benzene rings is 2. The second kappa shape index (κ2) is 6.84. The molecule has 4 nitrogen and oxygen atoms in total. The normalized spacial score (nSPS) is 12.8. The van der Waals surface area contributed by atoms with E-state index in [2.05, 4.69) is 5.10 Å². The van der Waals surface area contributed by atoms with Crippen LogP contribution in [0.1, 0.15) is 18.1 Å². The molecule has 7 heteroatoms. The number of nitrogens with one attached hydrogen (secondary N) is 1. The molecule has 0 spiro atoms. The van der Waals surface area contributed by atoms with Crippen LogP contribution in [0.3, 0.4) is 0 Å². The number of carbonyl (C=O) groups is 1. The highest BCUT2D eigenvalue weighted by molar-refractivity contribution is 5.93. The molecule has 0 bridgehead atoms. The topological polar surface area (TPSA) is 61.7 Å². The number of carbonyl (C=O) groups excluding carboxylic acids is 1. The molecule has 2 N–H and O–H groups in total. The summed E-state index contributed by atoms with van der Waals surface area (Å²) < 4.78 is 37.5. The van der Waals surface area contributed by atoms with Crippen molar-refractivity contribution in [3.05, 3.63) is 71.8 Å². The van der Waals surface area contributed by atoms with Crippen LogP contribution in [0, 0.1) is 0 Å². The molecule has 0 aliphatic carbocycles. The van der Waals surface area contributed by atoms with Crippen molar-refractivity contribution in [1.29, 1.82) is 0 Å². The third-order valence-corrected chi connectivity index (χ3v) is 3.45. The smallest absolute Gasteiger partial charge is 0.372 e. The van der Waals surface area contributed by atoms with E-state index in [-0.39, 0.29) is 11.1 Å². The molecule has 0 fully saturated rings. The fraction of sp³-hybridized carbons (Fsp3) is 0.176. The number of hydrogen-bond donors (Lipinski definition) is 2. The minimum absolute atomic E-state index is 0.216. The average Bonchev–Trinajstić information content (AvgIpc) is 2.59. The van der Waals surface area contributed by atoms with Gasteiger partial charge in [-0.1, -0.05) is 60.7 Å². The Hall–Kier alpha value is -2.67. The van der Waals surface area contributed by atoms with Gasteiger partial charge in [0.2, 0.25) is 0 Å². The zero-order valence-corrected chi connectivity index (χ0v) is 12.7. The van der Waals surface area contributed by atoms with Crippen LogP contribution >= 0.6 is 0 Å². The maximum Gasteiger partial charge on any atom is 0.430 e. The SMILES string of the molecule is C/C(=N/NC(=O)C(O)(c1ccccc1)c1ccccc1)C(F)(F)F. The lowest BCUT2D eigenvalue weighted by Crippen LogP contribution is -2.44. The Bertz CT molecular complexity index is 689. The van der Waals surface area contributed by atoms with Gasteiger partial charge in [0.05, 0.1) is 0 Å². The Morgan fingerprint density at radius 3 is 1.75 bits per heavy atom. The second-order valence-corrected chi connectivity index (χ2v) is 5.08. The van der Waals surface area contributed by atoms with Gasteiger partial charge in [0, 0.05) is 0 Å². The maximum absolute atomic E-state index is 12.5. The largest absolute Gasteiger partial charge is 0.430 e. The lowest BCUT2D eigenvalue weighted by atomic mass is 9.85. The molecule has 126 valence electrons. The zero-order chi connectivity index (χ0) is 17.8. The number of aliphatic hydroxyl groups is 1. The van der Waals surface area contributed by atoms with Gasteiger partial charge in [-0.05, 0) is 18.1 Å². The van der Waals surface area contributed by atoms with Crippen molar-refractivity contribution in [2.75, 3.05) is 0 Å². The van der Waals surface area contributed by atoms with Crippen LogP contribution in [0.15, 0.2) is 65.8 Å². The first-order valence-electron chi connectivity index (χ1n) is 7.01. The van der Waals surface area contributed by atoms with Crippen LogP contribution in [-0.2, 0) is 10.4 Å². The summed E-state index contributed by atoms with van der Waals surface area (Å²) in [4.78, 5) is 12.5. The molecule has 0 aliphatic heterocycles. The van der Waals surface area contributed by atoms with Gasteiger partial charge in [0.25, 0.3) is 5.91 Å². The van der Waals surface area contributed by atoms with E-state index in [1.807, 2.05) is 0 Å². The molecule has 0 saturated carbocycles. The monoisotopic (exact) mass is 336 g/mol. The van der Waals surface area contributed by atoms with Crippen LogP contribution in [0.4, 0.5) is 13.2 Å². The third-order valence-electron chi connectivity index (χ3n) is 3.45. The minimum Gasteiger partial charge on any atom is -0.372 e. The molecular weight excluding hydrogens is 321 g/mol. The van der Waals surface area contributed by atoms with Crippen molar-refractivity contribution in [3.63, 3.8) is 0 Å². The van der Waals surface area contributed by atoms with Crippen LogP contribution in [0.5, 0.6) is 0 Å². The van der Waals surface area contributed by atoms with E-state index in [1.165, 1.54) is 24.3 Å². The summed E-state index contributed by atoms with van der Waals surface area (Å²) in [6.07, 6.45) is -4.66. The first kappa shape index (κ1) is 17.7. The van der Waals surface area contributed by atoms with Gasteiger partial charge in [0.1, 0.15) is 5.71 Å². The second-order valence-electron chi connectivity index (χ2n) is 5.08. The molecule has 0 aliphatic rings. The van der Waals surface area contributed by atoms with E-state index >= 15 is 0 Å². The van der Waals surface area contributed by atoms with Gasteiger partial charge < -0.3 is 5.11 Å². The Labute approximate surface area is 136 Å². The van der Waals surface area contributed by atoms with Gasteiger partial charge in [-0.25, -0.2) is 5.43 Å². The predicted molar refractivity (Wildman–Crippen MR) is 83.2 cm³/mol. The summed E-state index contributed by atoms with van der Waals surface area (Å²) in [6, 6.07) is 15.9. The highest BCUT2D eigenvalue weighted by Gasteiger charge is 2.40. The molecular formula is C17H15F3N2O2. The Kier molecular flexibility index (Phi) is 5.04. The van der Waals surface area contributed by atoms with Gasteiger partial charge in [0.15, 0.2) is 5.60 Å². The van der Waals surface area contributed by atoms with Crippen molar-refractivity contribution in [2.45, 2.75) is 18.7 Å². The standard InChI is InChI=1S/C17H15F3N2O2/c1-12(17(18,19)20)21-22-15(23)16(24,13-8-4-2-5-9-13)14-10-6-3-7-11-14/h2-11,24H,1H3,(H,22,23)/b21-12-. The molecule has 0 radical (unpaired) electrons. The number of halogens is 3. The molecule has 0 heterocycles. The molecule has 0 unspecified atom stereocenters. The van der Waals surface area contributed by atoms with Crippen LogP contribution in [-0.4, -0.2) is 22.9 Å². The van der Waals surface area contributed by atoms with Crippen LogP contribution < -0.4 is 5.43 Å². The van der Waals surface area contributed by atoms with E-state index in [1.54, 1.807) is 41.8 Å². The Morgan fingerprint density at radius 1 is 0.958 bits per heavy atom. The van der Waals surface area contributed by atoms with Crippen LogP contribution in [0.25, 0.3) is 0 Å². The van der Waals surface area contributed by atoms with E-state index < -0.39 is 23.4 Å². The molecule has 2 rings (SSSR count). The molecule has 24 heavy (non-hydrogen) atoms. The number of alkyl halides is 3. The zero-order valence-electron chi connectivity index (χ0n) is 12.7. The lowest BCUT2D eigenvalue weighted by Gasteiger charge is -2.27. The number of rotatable bonds is 4. The summed E-state index contributed by atoms with van der Waals surface area (Å²) in [5, 5.41) is 14.0. The molecule has 0 saturated heterocycles. The number of nitrogens with zero attached hydrogens (tertiary/aromatic N) is 1. The Balaban J connectivity index is 2.43. The maximum atomic E-state index is 12.5. The quantitative estimate of drug-likeness (QED) is 0.666. The van der Waals surface area contributed by atoms with Crippen molar-refractivity contribution < 1.29 is 23.1 Å². The van der Waals surface area contributed by atoms with Crippen molar-refractivity contribution >= 4 is 11.6 Å². The molecule has 0 aromatic heterocycles. The predicted octanol–water partition coefficient (Wildman–Crippen LogP) is 2.98.